The van der Waals surface area contributed by atoms with Gasteiger partial charge in [0, 0.05) is 24.1 Å². The van der Waals surface area contributed by atoms with Gasteiger partial charge >= 0.3 is 5.97 Å². The van der Waals surface area contributed by atoms with Gasteiger partial charge < -0.3 is 14.4 Å². The lowest BCUT2D eigenvalue weighted by atomic mass is 10.1. The van der Waals surface area contributed by atoms with Crippen molar-refractivity contribution in [3.8, 4) is 5.75 Å². The Bertz CT molecular complexity index is 921. The molecule has 0 aliphatic heterocycles. The number of hydrogen-bond donors (Lipinski definition) is 1. The van der Waals surface area contributed by atoms with Crippen molar-refractivity contribution in [2.24, 2.45) is 0 Å². The monoisotopic (exact) mass is 374 g/mol. The van der Waals surface area contributed by atoms with Gasteiger partial charge in [-0.25, -0.2) is 0 Å². The van der Waals surface area contributed by atoms with Crippen molar-refractivity contribution in [3.63, 3.8) is 0 Å². The van der Waals surface area contributed by atoms with Crippen molar-refractivity contribution < 1.29 is 19.2 Å². The Hall–Kier alpha value is -2.60. The first-order valence-electron chi connectivity index (χ1n) is 8.36. The molecule has 3 aromatic rings. The van der Waals surface area contributed by atoms with E-state index in [0.717, 1.165) is 17.7 Å². The van der Waals surface area contributed by atoms with E-state index in [1.807, 2.05) is 26.0 Å². The first kappa shape index (κ1) is 18.2. The molecule has 0 radical (unpaired) electrons. The highest BCUT2D eigenvalue weighted by Gasteiger charge is 2.18. The Morgan fingerprint density at radius 2 is 2.19 bits per heavy atom. The van der Waals surface area contributed by atoms with Crippen LogP contribution in [0.4, 0.5) is 0 Å². The highest BCUT2D eigenvalue weighted by Crippen LogP contribution is 2.35. The average Bonchev–Trinajstić information content (AvgIpc) is 3.00. The van der Waals surface area contributed by atoms with Gasteiger partial charge in [-0.1, -0.05) is 29.7 Å². The molecule has 1 N–H and O–H groups in total. The summed E-state index contributed by atoms with van der Waals surface area (Å²) in [6.07, 6.45) is 2.56. The van der Waals surface area contributed by atoms with E-state index in [9.17, 15) is 4.79 Å². The predicted octanol–water partition coefficient (Wildman–Crippen LogP) is 4.73. The van der Waals surface area contributed by atoms with Crippen LogP contribution in [0.1, 0.15) is 42.8 Å². The van der Waals surface area contributed by atoms with Gasteiger partial charge in [0.2, 0.25) is 0 Å². The summed E-state index contributed by atoms with van der Waals surface area (Å²) in [7, 11) is 0. The summed E-state index contributed by atoms with van der Waals surface area (Å²) in [5.41, 5.74) is 2.99. The van der Waals surface area contributed by atoms with Crippen molar-refractivity contribution in [3.05, 3.63) is 52.4 Å². The summed E-state index contributed by atoms with van der Waals surface area (Å²) in [5, 5.41) is 13.9. The topological polar surface area (TPSA) is 85.5 Å². The molecule has 1 unspecified atom stereocenters. The third kappa shape index (κ3) is 3.96. The van der Waals surface area contributed by atoms with Crippen LogP contribution in [0.15, 0.2) is 35.0 Å². The number of pyridine rings is 1. The molecule has 0 saturated carbocycles. The quantitative estimate of drug-likeness (QED) is 0.643. The number of carboxylic acid groups (broad SMARTS) is 1. The first-order valence-corrected chi connectivity index (χ1v) is 8.74. The number of aryl methyl sites for hydroxylation is 2. The molecule has 0 spiro atoms. The zero-order valence-electron chi connectivity index (χ0n) is 14.5. The molecule has 2 aromatic heterocycles. The average molecular weight is 375 g/mol. The van der Waals surface area contributed by atoms with Crippen LogP contribution in [0, 0.1) is 6.92 Å². The van der Waals surface area contributed by atoms with Crippen LogP contribution in [0.3, 0.4) is 0 Å². The fraction of sp³-hybridized carbons (Fsp3) is 0.316. The molecule has 1 atom stereocenters. The fourth-order valence-corrected chi connectivity index (χ4v) is 2.87. The molecule has 7 heteroatoms. The highest BCUT2D eigenvalue weighted by molar-refractivity contribution is 6.32. The number of nitrogens with zero attached hydrogens (tertiary/aromatic N) is 2. The van der Waals surface area contributed by atoms with Crippen LogP contribution in [0.25, 0.3) is 11.0 Å². The molecule has 6 nitrogen and oxygen atoms in total. The van der Waals surface area contributed by atoms with Crippen molar-refractivity contribution in [1.29, 1.82) is 0 Å². The van der Waals surface area contributed by atoms with Crippen molar-refractivity contribution in [2.45, 2.75) is 39.2 Å². The smallest absolute Gasteiger partial charge is 0.303 e. The summed E-state index contributed by atoms with van der Waals surface area (Å²) in [6.45, 7) is 3.99. The van der Waals surface area contributed by atoms with Gasteiger partial charge in [-0.15, -0.1) is 0 Å². The van der Waals surface area contributed by atoms with Gasteiger partial charge in [0.05, 0.1) is 22.8 Å². The molecule has 0 saturated heterocycles. The van der Waals surface area contributed by atoms with E-state index in [1.165, 1.54) is 0 Å². The highest BCUT2D eigenvalue weighted by atomic mass is 35.5. The minimum Gasteiger partial charge on any atom is -0.482 e. The number of halogens is 1. The minimum atomic E-state index is -0.886. The number of fused-ring (bicyclic) bond motifs is 1. The molecule has 26 heavy (non-hydrogen) atoms. The van der Waals surface area contributed by atoms with Crippen molar-refractivity contribution >= 4 is 28.5 Å². The van der Waals surface area contributed by atoms with Crippen LogP contribution in [-0.4, -0.2) is 21.2 Å². The first-order chi connectivity index (χ1) is 12.5. The zero-order valence-corrected chi connectivity index (χ0v) is 15.3. The summed E-state index contributed by atoms with van der Waals surface area (Å²) < 4.78 is 11.4. The summed E-state index contributed by atoms with van der Waals surface area (Å²) in [6, 6.07) is 7.32. The van der Waals surface area contributed by atoms with Crippen molar-refractivity contribution in [2.75, 3.05) is 0 Å². The van der Waals surface area contributed by atoms with Gasteiger partial charge in [-0.2, -0.15) is 0 Å². The van der Waals surface area contributed by atoms with Crippen LogP contribution in [0.5, 0.6) is 5.75 Å². The SMILES string of the molecule is CCC(Oc1cc2onc(CCC(=O)O)c2cc1Cl)c1ccc(C)cn1. The second-order valence-corrected chi connectivity index (χ2v) is 6.48. The van der Waals surface area contributed by atoms with Crippen LogP contribution in [-0.2, 0) is 11.2 Å². The van der Waals surface area contributed by atoms with Crippen LogP contribution < -0.4 is 4.74 Å². The Morgan fingerprint density at radius 3 is 2.85 bits per heavy atom. The number of ether oxygens (including phenoxy) is 1. The number of hydrogen-bond acceptors (Lipinski definition) is 5. The van der Waals surface area contributed by atoms with E-state index in [-0.39, 0.29) is 18.9 Å². The summed E-state index contributed by atoms with van der Waals surface area (Å²) in [5.74, 6) is -0.405. The number of rotatable bonds is 7. The second-order valence-electron chi connectivity index (χ2n) is 6.08. The van der Waals surface area contributed by atoms with Crippen molar-refractivity contribution in [1.82, 2.24) is 10.1 Å². The Kier molecular flexibility index (Phi) is 5.42. The maximum atomic E-state index is 10.8. The predicted molar refractivity (Wildman–Crippen MR) is 97.6 cm³/mol. The van der Waals surface area contributed by atoms with E-state index in [1.54, 1.807) is 18.3 Å². The Labute approximate surface area is 155 Å². The Morgan fingerprint density at radius 1 is 1.38 bits per heavy atom. The van der Waals surface area contributed by atoms with Crippen LogP contribution >= 0.6 is 11.6 Å². The van der Waals surface area contributed by atoms with Gasteiger partial charge in [0.1, 0.15) is 11.9 Å². The van der Waals surface area contributed by atoms with Crippen LogP contribution in [0.2, 0.25) is 5.02 Å². The molecular weight excluding hydrogens is 356 g/mol. The minimum absolute atomic E-state index is 0.0193. The number of carbonyl (C=O) groups is 1. The number of benzene rings is 1. The van der Waals surface area contributed by atoms with Gasteiger partial charge in [0.25, 0.3) is 0 Å². The standard InChI is InChI=1S/C19H19ClN2O4/c1-3-16(15-5-4-11(2)10-21-15)25-18-9-17-12(8-13(18)20)14(22-26-17)6-7-19(23)24/h4-5,8-10,16H,3,6-7H2,1-2H3,(H,23,24). The lowest BCUT2D eigenvalue weighted by Crippen LogP contribution is -2.08. The van der Waals surface area contributed by atoms with Gasteiger partial charge in [-0.3, -0.25) is 9.78 Å². The number of aliphatic carboxylic acids is 1. The Balaban J connectivity index is 1.86. The lowest BCUT2D eigenvalue weighted by molar-refractivity contribution is -0.136. The van der Waals surface area contributed by atoms with E-state index in [2.05, 4.69) is 10.1 Å². The largest absolute Gasteiger partial charge is 0.482 e. The molecule has 0 fully saturated rings. The van der Waals surface area contributed by atoms with E-state index >= 15 is 0 Å². The molecular formula is C19H19ClN2O4. The van der Waals surface area contributed by atoms with E-state index < -0.39 is 5.97 Å². The van der Waals surface area contributed by atoms with E-state index in [0.29, 0.717) is 27.4 Å². The zero-order chi connectivity index (χ0) is 18.7. The fourth-order valence-electron chi connectivity index (χ4n) is 2.66. The molecule has 0 bridgehead atoms. The molecule has 1 aromatic carbocycles. The summed E-state index contributed by atoms with van der Waals surface area (Å²) >= 11 is 6.38. The molecule has 2 heterocycles. The summed E-state index contributed by atoms with van der Waals surface area (Å²) in [4.78, 5) is 15.2. The van der Waals surface area contributed by atoms with Gasteiger partial charge in [0.15, 0.2) is 5.58 Å². The molecule has 3 rings (SSSR count). The third-order valence-corrected chi connectivity index (χ3v) is 4.37. The maximum Gasteiger partial charge on any atom is 0.303 e. The molecule has 0 aliphatic rings. The van der Waals surface area contributed by atoms with Gasteiger partial charge in [-0.05, 0) is 31.0 Å². The number of carboxylic acids is 1. The second kappa shape index (κ2) is 7.74. The molecule has 136 valence electrons. The molecule has 0 aliphatic carbocycles. The van der Waals surface area contributed by atoms with E-state index in [4.69, 9.17) is 26.0 Å². The maximum absolute atomic E-state index is 10.8. The lowest BCUT2D eigenvalue weighted by Gasteiger charge is -2.18. The third-order valence-electron chi connectivity index (χ3n) is 4.08. The number of aromatic nitrogens is 2. The molecule has 0 amide bonds. The normalized spacial score (nSPS) is 12.3.